The summed E-state index contributed by atoms with van der Waals surface area (Å²) in [6, 6.07) is 19.7. The van der Waals surface area contributed by atoms with Crippen LogP contribution < -0.4 is 10.3 Å². The lowest BCUT2D eigenvalue weighted by atomic mass is 10.1. The van der Waals surface area contributed by atoms with Gasteiger partial charge in [-0.3, -0.25) is 4.79 Å². The molecule has 1 aromatic heterocycles. The molecule has 0 saturated carbocycles. The first-order chi connectivity index (χ1) is 12.7. The van der Waals surface area contributed by atoms with Gasteiger partial charge in [0.1, 0.15) is 5.75 Å². The predicted octanol–water partition coefficient (Wildman–Crippen LogP) is 4.42. The molecule has 0 bridgehead atoms. The minimum Gasteiger partial charge on any atom is -0.493 e. The van der Waals surface area contributed by atoms with Crippen molar-refractivity contribution >= 4 is 23.9 Å². The molecule has 0 atom stereocenters. The summed E-state index contributed by atoms with van der Waals surface area (Å²) in [5.41, 5.74) is 2.89. The first-order valence-electron chi connectivity index (χ1n) is 8.36. The Morgan fingerprint density at radius 1 is 1.04 bits per heavy atom. The van der Waals surface area contributed by atoms with Crippen LogP contribution in [0.15, 0.2) is 70.6 Å². The van der Waals surface area contributed by atoms with Crippen molar-refractivity contribution in [3.63, 3.8) is 0 Å². The monoisotopic (exact) mass is 364 g/mol. The maximum absolute atomic E-state index is 11.4. The number of aromatic amines is 1. The number of aromatic nitrogens is 2. The smallest absolute Gasteiger partial charge is 0.251 e. The molecular weight excluding hydrogens is 344 g/mol. The number of aryl methyl sites for hydroxylation is 1. The molecule has 0 unspecified atom stereocenters. The minimum absolute atomic E-state index is 0.125. The summed E-state index contributed by atoms with van der Waals surface area (Å²) in [5, 5.41) is 0.625. The second-order valence-corrected chi connectivity index (χ2v) is 6.79. The lowest BCUT2D eigenvalue weighted by Gasteiger charge is -2.06. The van der Waals surface area contributed by atoms with Crippen molar-refractivity contribution < 1.29 is 4.74 Å². The van der Waals surface area contributed by atoms with E-state index in [0.29, 0.717) is 17.5 Å². The first kappa shape index (κ1) is 18.0. The molecule has 132 valence electrons. The van der Waals surface area contributed by atoms with Gasteiger partial charge in [-0.15, -0.1) is 0 Å². The van der Waals surface area contributed by atoms with E-state index < -0.39 is 0 Å². The zero-order chi connectivity index (χ0) is 18.2. The molecule has 0 aliphatic heterocycles. The van der Waals surface area contributed by atoms with E-state index in [0.717, 1.165) is 17.0 Å². The van der Waals surface area contributed by atoms with Gasteiger partial charge in [-0.05, 0) is 30.2 Å². The molecular formula is C21H20N2O2S. The van der Waals surface area contributed by atoms with Gasteiger partial charge >= 0.3 is 0 Å². The molecule has 5 heteroatoms. The Morgan fingerprint density at radius 2 is 1.73 bits per heavy atom. The lowest BCUT2D eigenvalue weighted by Crippen LogP contribution is -2.09. The summed E-state index contributed by atoms with van der Waals surface area (Å²) in [5.74, 6) is 1.54. The van der Waals surface area contributed by atoms with Crippen LogP contribution in [-0.2, 0) is 0 Å². The van der Waals surface area contributed by atoms with Gasteiger partial charge in [0.2, 0.25) is 0 Å². The summed E-state index contributed by atoms with van der Waals surface area (Å²) in [7, 11) is 0. The molecule has 26 heavy (non-hydrogen) atoms. The molecule has 4 nitrogen and oxygen atoms in total. The molecule has 0 saturated heterocycles. The summed E-state index contributed by atoms with van der Waals surface area (Å²) in [6.07, 6.45) is 4.16. The summed E-state index contributed by atoms with van der Waals surface area (Å²) < 4.78 is 5.74. The first-order valence-corrected chi connectivity index (χ1v) is 9.34. The van der Waals surface area contributed by atoms with Crippen LogP contribution in [0, 0.1) is 6.92 Å². The summed E-state index contributed by atoms with van der Waals surface area (Å²) >= 11 is 1.47. The maximum atomic E-state index is 11.4. The molecule has 3 rings (SSSR count). The second kappa shape index (κ2) is 9.06. The van der Waals surface area contributed by atoms with E-state index in [1.54, 1.807) is 0 Å². The largest absolute Gasteiger partial charge is 0.493 e. The van der Waals surface area contributed by atoms with E-state index in [1.165, 1.54) is 23.4 Å². The average Bonchev–Trinajstić information content (AvgIpc) is 2.65. The number of H-pyrrole nitrogens is 1. The Kier molecular flexibility index (Phi) is 6.28. The molecule has 0 fully saturated rings. The number of benzene rings is 2. The van der Waals surface area contributed by atoms with Crippen molar-refractivity contribution in [2.75, 3.05) is 12.4 Å². The number of rotatable bonds is 7. The molecule has 0 amide bonds. The molecule has 1 heterocycles. The van der Waals surface area contributed by atoms with Crippen molar-refractivity contribution in [2.24, 2.45) is 0 Å². The minimum atomic E-state index is -0.125. The van der Waals surface area contributed by atoms with Gasteiger partial charge in [0.05, 0.1) is 6.61 Å². The van der Waals surface area contributed by atoms with Gasteiger partial charge in [-0.2, -0.15) is 0 Å². The third-order valence-corrected chi connectivity index (χ3v) is 4.42. The Hall–Kier alpha value is -2.79. The van der Waals surface area contributed by atoms with Gasteiger partial charge in [0.25, 0.3) is 5.56 Å². The highest BCUT2D eigenvalue weighted by Gasteiger charge is 2.00. The molecule has 0 aliphatic carbocycles. The summed E-state index contributed by atoms with van der Waals surface area (Å²) in [4.78, 5) is 18.4. The van der Waals surface area contributed by atoms with Crippen LogP contribution in [0.2, 0.25) is 0 Å². The fourth-order valence-corrected chi connectivity index (χ4v) is 3.09. The van der Waals surface area contributed by atoms with E-state index >= 15 is 0 Å². The van der Waals surface area contributed by atoms with E-state index in [4.69, 9.17) is 4.74 Å². The van der Waals surface area contributed by atoms with Crippen molar-refractivity contribution in [2.45, 2.75) is 12.1 Å². The zero-order valence-corrected chi connectivity index (χ0v) is 15.3. The second-order valence-electron chi connectivity index (χ2n) is 5.70. The Bertz CT molecular complexity index is 919. The number of hydrogen-bond acceptors (Lipinski definition) is 4. The molecule has 0 radical (unpaired) electrons. The van der Waals surface area contributed by atoms with Gasteiger partial charge < -0.3 is 9.72 Å². The Morgan fingerprint density at radius 3 is 2.42 bits per heavy atom. The fourth-order valence-electron chi connectivity index (χ4n) is 2.35. The lowest BCUT2D eigenvalue weighted by molar-refractivity contribution is 0.344. The maximum Gasteiger partial charge on any atom is 0.251 e. The normalized spacial score (nSPS) is 11.0. The number of nitrogens with one attached hydrogen (secondary N) is 1. The van der Waals surface area contributed by atoms with Gasteiger partial charge in [0.15, 0.2) is 5.16 Å². The molecule has 2 aromatic carbocycles. The van der Waals surface area contributed by atoms with Crippen molar-refractivity contribution in [1.29, 1.82) is 0 Å². The zero-order valence-electron chi connectivity index (χ0n) is 14.5. The number of thioether (sulfide) groups is 1. The van der Waals surface area contributed by atoms with Crippen LogP contribution in [0.25, 0.3) is 12.2 Å². The predicted molar refractivity (Wildman–Crippen MR) is 108 cm³/mol. The molecule has 0 spiro atoms. The van der Waals surface area contributed by atoms with Gasteiger partial charge in [-0.1, -0.05) is 66.4 Å². The van der Waals surface area contributed by atoms with Crippen LogP contribution in [0.5, 0.6) is 5.75 Å². The standard InChI is InChI=1S/C21H20N2O2S/c1-16-15-20(24)23-21(22-16)26-14-13-25-19-11-9-18(10-12-19)8-7-17-5-3-2-4-6-17/h2-12,15H,13-14H2,1H3,(H,22,23,24)/b8-7+. The number of hydrogen-bond donors (Lipinski definition) is 1. The van der Waals surface area contributed by atoms with Crippen LogP contribution in [0.3, 0.4) is 0 Å². The molecule has 1 N–H and O–H groups in total. The van der Waals surface area contributed by atoms with Crippen LogP contribution in [0.4, 0.5) is 0 Å². The third kappa shape index (κ3) is 5.63. The fraction of sp³-hybridized carbons (Fsp3) is 0.143. The van der Waals surface area contributed by atoms with E-state index in [-0.39, 0.29) is 5.56 Å². The SMILES string of the molecule is Cc1cc(=O)[nH]c(SCCOc2ccc(/C=C/c3ccccc3)cc2)n1. The van der Waals surface area contributed by atoms with Gasteiger partial charge in [0, 0.05) is 17.5 Å². The average molecular weight is 364 g/mol. The number of nitrogens with zero attached hydrogens (tertiary/aromatic N) is 1. The summed E-state index contributed by atoms with van der Waals surface area (Å²) in [6.45, 7) is 2.35. The van der Waals surface area contributed by atoms with Crippen LogP contribution in [0.1, 0.15) is 16.8 Å². The highest BCUT2D eigenvalue weighted by atomic mass is 32.2. The van der Waals surface area contributed by atoms with Crippen molar-refractivity contribution in [3.05, 3.63) is 87.8 Å². The van der Waals surface area contributed by atoms with E-state index in [1.807, 2.05) is 49.4 Å². The number of ether oxygens (including phenoxy) is 1. The topological polar surface area (TPSA) is 55.0 Å². The Balaban J connectivity index is 1.47. The van der Waals surface area contributed by atoms with E-state index in [2.05, 4.69) is 34.3 Å². The molecule has 0 aliphatic rings. The van der Waals surface area contributed by atoms with Crippen molar-refractivity contribution in [3.8, 4) is 5.75 Å². The highest BCUT2D eigenvalue weighted by molar-refractivity contribution is 7.99. The molecule has 3 aromatic rings. The third-order valence-electron chi connectivity index (χ3n) is 3.59. The van der Waals surface area contributed by atoms with Crippen molar-refractivity contribution in [1.82, 2.24) is 9.97 Å². The van der Waals surface area contributed by atoms with Crippen LogP contribution >= 0.6 is 11.8 Å². The Labute approximate surface area is 157 Å². The highest BCUT2D eigenvalue weighted by Crippen LogP contribution is 2.16. The quantitative estimate of drug-likeness (QED) is 0.292. The van der Waals surface area contributed by atoms with E-state index in [9.17, 15) is 4.79 Å². The van der Waals surface area contributed by atoms with Gasteiger partial charge in [-0.25, -0.2) is 4.98 Å². The van der Waals surface area contributed by atoms with Crippen LogP contribution in [-0.4, -0.2) is 22.3 Å².